The van der Waals surface area contributed by atoms with Gasteiger partial charge in [-0.25, -0.2) is 0 Å². The summed E-state index contributed by atoms with van der Waals surface area (Å²) in [6, 6.07) is 5.68. The van der Waals surface area contributed by atoms with Crippen LogP contribution in [0.5, 0.6) is 0 Å². The van der Waals surface area contributed by atoms with Crippen LogP contribution in [0.4, 0.5) is 5.69 Å². The van der Waals surface area contributed by atoms with Crippen molar-refractivity contribution in [3.05, 3.63) is 28.2 Å². The number of amides is 2. The third-order valence-corrected chi connectivity index (χ3v) is 3.91. The lowest BCUT2D eigenvalue weighted by atomic mass is 9.81. The Bertz CT molecular complexity index is 517. The number of imide groups is 1. The van der Waals surface area contributed by atoms with Crippen LogP contribution in [0.1, 0.15) is 39.2 Å². The van der Waals surface area contributed by atoms with E-state index in [4.69, 9.17) is 0 Å². The normalized spacial score (nSPS) is 18.8. The number of rotatable bonds is 2. The van der Waals surface area contributed by atoms with E-state index in [1.807, 2.05) is 39.0 Å². The van der Waals surface area contributed by atoms with E-state index in [-0.39, 0.29) is 17.2 Å². The number of piperidine rings is 1. The fraction of sp³-hybridized carbons (Fsp3) is 0.467. The molecule has 0 saturated carbocycles. The number of benzene rings is 1. The average Bonchev–Trinajstić information content (AvgIpc) is 2.28. The van der Waals surface area contributed by atoms with E-state index in [9.17, 15) is 9.59 Å². The van der Waals surface area contributed by atoms with Gasteiger partial charge in [-0.3, -0.25) is 14.5 Å². The molecule has 1 aromatic rings. The SMILES string of the molecule is CCc1cc(Br)ccc1N1C(=O)CC(C)(C)CC1=O. The molecule has 1 saturated heterocycles. The summed E-state index contributed by atoms with van der Waals surface area (Å²) in [5.41, 5.74) is 1.51. The smallest absolute Gasteiger partial charge is 0.234 e. The van der Waals surface area contributed by atoms with E-state index in [0.29, 0.717) is 12.8 Å². The number of carbonyl (C=O) groups excluding carboxylic acids is 2. The highest BCUT2D eigenvalue weighted by Gasteiger charge is 2.38. The van der Waals surface area contributed by atoms with Crippen LogP contribution in [0.3, 0.4) is 0 Å². The third kappa shape index (κ3) is 2.89. The van der Waals surface area contributed by atoms with Crippen molar-refractivity contribution < 1.29 is 9.59 Å². The Morgan fingerprint density at radius 2 is 1.79 bits per heavy atom. The van der Waals surface area contributed by atoms with Gasteiger partial charge in [-0.1, -0.05) is 36.7 Å². The Kier molecular flexibility index (Phi) is 3.81. The molecule has 19 heavy (non-hydrogen) atoms. The lowest BCUT2D eigenvalue weighted by Gasteiger charge is -2.35. The number of anilines is 1. The highest BCUT2D eigenvalue weighted by Crippen LogP contribution is 2.35. The van der Waals surface area contributed by atoms with E-state index < -0.39 is 0 Å². The number of hydrogen-bond donors (Lipinski definition) is 0. The maximum Gasteiger partial charge on any atom is 0.234 e. The summed E-state index contributed by atoms with van der Waals surface area (Å²) in [5.74, 6) is -0.198. The molecule has 0 unspecified atom stereocenters. The van der Waals surface area contributed by atoms with E-state index in [2.05, 4.69) is 15.9 Å². The molecule has 0 atom stereocenters. The summed E-state index contributed by atoms with van der Waals surface area (Å²) in [4.78, 5) is 25.9. The molecule has 1 heterocycles. The van der Waals surface area contributed by atoms with Gasteiger partial charge in [0.15, 0.2) is 0 Å². The maximum absolute atomic E-state index is 12.3. The number of aryl methyl sites for hydroxylation is 1. The molecule has 0 aromatic heterocycles. The van der Waals surface area contributed by atoms with Gasteiger partial charge in [0.05, 0.1) is 5.69 Å². The van der Waals surface area contributed by atoms with E-state index in [0.717, 1.165) is 22.1 Å². The molecule has 102 valence electrons. The van der Waals surface area contributed by atoms with Gasteiger partial charge in [0.25, 0.3) is 0 Å². The van der Waals surface area contributed by atoms with Crippen LogP contribution in [0, 0.1) is 5.41 Å². The van der Waals surface area contributed by atoms with Gasteiger partial charge >= 0.3 is 0 Å². The number of halogens is 1. The number of hydrogen-bond acceptors (Lipinski definition) is 2. The van der Waals surface area contributed by atoms with Crippen molar-refractivity contribution in [2.45, 2.75) is 40.0 Å². The lowest BCUT2D eigenvalue weighted by Crippen LogP contribution is -2.46. The van der Waals surface area contributed by atoms with Crippen molar-refractivity contribution in [2.24, 2.45) is 5.41 Å². The topological polar surface area (TPSA) is 37.4 Å². The van der Waals surface area contributed by atoms with Crippen molar-refractivity contribution in [2.75, 3.05) is 4.90 Å². The first-order chi connectivity index (χ1) is 8.84. The highest BCUT2D eigenvalue weighted by molar-refractivity contribution is 9.10. The van der Waals surface area contributed by atoms with Gasteiger partial charge in [0.2, 0.25) is 11.8 Å². The Balaban J connectivity index is 2.42. The second-order valence-electron chi connectivity index (χ2n) is 5.77. The summed E-state index contributed by atoms with van der Waals surface area (Å²) in [6.07, 6.45) is 1.62. The molecule has 0 radical (unpaired) electrons. The van der Waals surface area contributed by atoms with Crippen LogP contribution in [-0.4, -0.2) is 11.8 Å². The largest absolute Gasteiger partial charge is 0.274 e. The van der Waals surface area contributed by atoms with Crippen LogP contribution in [0.15, 0.2) is 22.7 Å². The van der Waals surface area contributed by atoms with Crippen molar-refractivity contribution in [3.63, 3.8) is 0 Å². The Hall–Kier alpha value is -1.16. The summed E-state index contributed by atoms with van der Waals surface area (Å²) in [7, 11) is 0. The summed E-state index contributed by atoms with van der Waals surface area (Å²) in [6.45, 7) is 5.94. The molecule has 0 aliphatic carbocycles. The van der Waals surface area contributed by atoms with Gasteiger partial charge < -0.3 is 0 Å². The zero-order valence-electron chi connectivity index (χ0n) is 11.5. The highest BCUT2D eigenvalue weighted by atomic mass is 79.9. The summed E-state index contributed by atoms with van der Waals surface area (Å²) < 4.78 is 0.963. The fourth-order valence-corrected chi connectivity index (χ4v) is 2.91. The van der Waals surface area contributed by atoms with Crippen molar-refractivity contribution in [1.82, 2.24) is 0 Å². The van der Waals surface area contributed by atoms with Crippen LogP contribution < -0.4 is 4.90 Å². The van der Waals surface area contributed by atoms with Gasteiger partial charge in [-0.2, -0.15) is 0 Å². The predicted molar refractivity (Wildman–Crippen MR) is 79.0 cm³/mol. The zero-order chi connectivity index (χ0) is 14.2. The van der Waals surface area contributed by atoms with E-state index in [1.165, 1.54) is 4.90 Å². The van der Waals surface area contributed by atoms with Gasteiger partial charge in [-0.15, -0.1) is 0 Å². The monoisotopic (exact) mass is 323 g/mol. The molecule has 1 fully saturated rings. The van der Waals surface area contributed by atoms with E-state index >= 15 is 0 Å². The molecule has 4 heteroatoms. The van der Waals surface area contributed by atoms with Gasteiger partial charge in [0.1, 0.15) is 0 Å². The molecule has 1 aliphatic heterocycles. The Labute approximate surface area is 122 Å². The summed E-state index contributed by atoms with van der Waals surface area (Å²) >= 11 is 3.42. The molecule has 2 amide bonds. The second kappa shape index (κ2) is 5.08. The molecule has 0 spiro atoms. The van der Waals surface area contributed by atoms with Crippen LogP contribution in [-0.2, 0) is 16.0 Å². The minimum atomic E-state index is -0.230. The standard InChI is InChI=1S/C15H18BrNO2/c1-4-10-7-11(16)5-6-12(10)17-13(18)8-15(2,3)9-14(17)19/h5-7H,4,8-9H2,1-3H3. The first-order valence-corrected chi connectivity index (χ1v) is 7.27. The third-order valence-electron chi connectivity index (χ3n) is 3.42. The minimum absolute atomic E-state index is 0.0988. The van der Waals surface area contributed by atoms with Crippen LogP contribution in [0.25, 0.3) is 0 Å². The second-order valence-corrected chi connectivity index (χ2v) is 6.68. The first-order valence-electron chi connectivity index (χ1n) is 6.48. The predicted octanol–water partition coefficient (Wildman–Crippen LogP) is 3.69. The van der Waals surface area contributed by atoms with Crippen LogP contribution in [0.2, 0.25) is 0 Å². The molecular weight excluding hydrogens is 306 g/mol. The van der Waals surface area contributed by atoms with Gasteiger partial charge in [-0.05, 0) is 35.6 Å². The molecule has 0 bridgehead atoms. The molecule has 3 nitrogen and oxygen atoms in total. The Morgan fingerprint density at radius 1 is 1.21 bits per heavy atom. The van der Waals surface area contributed by atoms with Crippen molar-refractivity contribution in [1.29, 1.82) is 0 Å². The maximum atomic E-state index is 12.3. The van der Waals surface area contributed by atoms with Crippen LogP contribution >= 0.6 is 15.9 Å². The van der Waals surface area contributed by atoms with Crippen molar-refractivity contribution >= 4 is 33.4 Å². The molecular formula is C15H18BrNO2. The molecule has 1 aromatic carbocycles. The van der Waals surface area contributed by atoms with Gasteiger partial charge in [0, 0.05) is 17.3 Å². The average molecular weight is 324 g/mol. The lowest BCUT2D eigenvalue weighted by molar-refractivity contribution is -0.132. The molecule has 0 N–H and O–H groups in total. The summed E-state index contributed by atoms with van der Waals surface area (Å²) in [5, 5.41) is 0. The molecule has 2 rings (SSSR count). The van der Waals surface area contributed by atoms with Crippen molar-refractivity contribution in [3.8, 4) is 0 Å². The minimum Gasteiger partial charge on any atom is -0.274 e. The molecule has 1 aliphatic rings. The number of carbonyl (C=O) groups is 2. The quantitative estimate of drug-likeness (QED) is 0.778. The fourth-order valence-electron chi connectivity index (χ4n) is 2.50. The number of nitrogens with zero attached hydrogens (tertiary/aromatic N) is 1. The Morgan fingerprint density at radius 3 is 2.32 bits per heavy atom. The first kappa shape index (κ1) is 14.3. The van der Waals surface area contributed by atoms with E-state index in [1.54, 1.807) is 0 Å². The zero-order valence-corrected chi connectivity index (χ0v) is 13.1.